The largest absolute Gasteiger partial charge is 0.493 e. The molecule has 1 heterocycles. The van der Waals surface area contributed by atoms with E-state index >= 15 is 0 Å². The molecule has 0 atom stereocenters. The van der Waals surface area contributed by atoms with Crippen molar-refractivity contribution in [2.45, 2.75) is 20.3 Å². The predicted octanol–water partition coefficient (Wildman–Crippen LogP) is 3.48. The van der Waals surface area contributed by atoms with Crippen LogP contribution in [0.1, 0.15) is 19.0 Å². The van der Waals surface area contributed by atoms with Crippen LogP contribution in [0.2, 0.25) is 0 Å². The van der Waals surface area contributed by atoms with E-state index in [0.717, 1.165) is 22.0 Å². The van der Waals surface area contributed by atoms with Gasteiger partial charge in [0.15, 0.2) is 0 Å². The van der Waals surface area contributed by atoms with Crippen LogP contribution >= 0.6 is 11.3 Å². The van der Waals surface area contributed by atoms with Gasteiger partial charge in [-0.05, 0) is 38.1 Å². The number of carbonyl (C=O) groups is 1. The number of rotatable bonds is 5. The zero-order chi connectivity index (χ0) is 13.0. The molecule has 0 aliphatic carbocycles. The molecule has 0 saturated carbocycles. The van der Waals surface area contributed by atoms with Gasteiger partial charge in [0.25, 0.3) is 0 Å². The van der Waals surface area contributed by atoms with E-state index in [0.29, 0.717) is 13.0 Å². The summed E-state index contributed by atoms with van der Waals surface area (Å²) < 4.78 is 5.48. The van der Waals surface area contributed by atoms with Crippen LogP contribution in [0.25, 0.3) is 10.6 Å². The van der Waals surface area contributed by atoms with Gasteiger partial charge >= 0.3 is 0 Å². The molecule has 0 spiro atoms. The summed E-state index contributed by atoms with van der Waals surface area (Å²) >= 11 is 1.63. The Labute approximate surface area is 110 Å². The van der Waals surface area contributed by atoms with Crippen molar-refractivity contribution in [2.75, 3.05) is 6.61 Å². The second kappa shape index (κ2) is 5.78. The molecule has 0 aliphatic rings. The van der Waals surface area contributed by atoms with Crippen LogP contribution in [0.15, 0.2) is 29.6 Å². The SMILES string of the molecule is CC(=O)CCOc1ccc(-c2nc(C)cs2)cc1. The first-order chi connectivity index (χ1) is 8.65. The Balaban J connectivity index is 1.99. The maximum atomic E-state index is 10.8. The number of Topliss-reactive ketones (excluding diaryl/α,β-unsaturated/α-hetero) is 1. The number of ketones is 1. The highest BCUT2D eigenvalue weighted by atomic mass is 32.1. The number of carbonyl (C=O) groups excluding carboxylic acids is 1. The van der Waals surface area contributed by atoms with Crippen molar-refractivity contribution >= 4 is 17.1 Å². The number of thiazole rings is 1. The summed E-state index contributed by atoms with van der Waals surface area (Å²) in [6.07, 6.45) is 0.452. The third-order valence-corrected chi connectivity index (χ3v) is 3.45. The van der Waals surface area contributed by atoms with Gasteiger partial charge in [-0.25, -0.2) is 4.98 Å². The first-order valence-corrected chi connectivity index (χ1v) is 6.68. The fourth-order valence-corrected chi connectivity index (χ4v) is 2.30. The molecule has 1 aromatic heterocycles. The fourth-order valence-electron chi connectivity index (χ4n) is 1.49. The Kier molecular flexibility index (Phi) is 4.10. The smallest absolute Gasteiger partial charge is 0.133 e. The van der Waals surface area contributed by atoms with Crippen molar-refractivity contribution in [2.24, 2.45) is 0 Å². The molecule has 4 heteroatoms. The Hall–Kier alpha value is -1.68. The zero-order valence-corrected chi connectivity index (χ0v) is 11.3. The summed E-state index contributed by atoms with van der Waals surface area (Å²) in [5, 5.41) is 3.05. The van der Waals surface area contributed by atoms with E-state index in [9.17, 15) is 4.79 Å². The molecular formula is C14H15NO2S. The highest BCUT2D eigenvalue weighted by Gasteiger charge is 2.03. The van der Waals surface area contributed by atoms with E-state index in [-0.39, 0.29) is 5.78 Å². The lowest BCUT2D eigenvalue weighted by molar-refractivity contribution is -0.117. The van der Waals surface area contributed by atoms with Crippen LogP contribution in [0, 0.1) is 6.92 Å². The first kappa shape index (κ1) is 12.8. The lowest BCUT2D eigenvalue weighted by Gasteiger charge is -2.05. The molecule has 0 fully saturated rings. The van der Waals surface area contributed by atoms with Crippen LogP contribution < -0.4 is 4.74 Å². The van der Waals surface area contributed by atoms with Gasteiger partial charge in [-0.15, -0.1) is 11.3 Å². The summed E-state index contributed by atoms with van der Waals surface area (Å²) in [4.78, 5) is 15.2. The second-order valence-electron chi connectivity index (χ2n) is 4.12. The van der Waals surface area contributed by atoms with E-state index in [1.807, 2.05) is 36.6 Å². The third kappa shape index (κ3) is 3.40. The fraction of sp³-hybridized carbons (Fsp3) is 0.286. The molecule has 0 aliphatic heterocycles. The average Bonchev–Trinajstić information content (AvgIpc) is 2.76. The van der Waals surface area contributed by atoms with E-state index in [2.05, 4.69) is 4.98 Å². The Morgan fingerprint density at radius 2 is 2.06 bits per heavy atom. The maximum Gasteiger partial charge on any atom is 0.133 e. The zero-order valence-electron chi connectivity index (χ0n) is 10.5. The summed E-state index contributed by atoms with van der Waals surface area (Å²) in [5.41, 5.74) is 2.13. The molecule has 0 amide bonds. The number of hydrogen-bond acceptors (Lipinski definition) is 4. The molecule has 0 unspecified atom stereocenters. The molecule has 3 nitrogen and oxygen atoms in total. The normalized spacial score (nSPS) is 10.3. The molecule has 94 valence electrons. The summed E-state index contributed by atoms with van der Waals surface area (Å²) in [6, 6.07) is 7.79. The average molecular weight is 261 g/mol. The first-order valence-electron chi connectivity index (χ1n) is 5.80. The molecule has 0 N–H and O–H groups in total. The predicted molar refractivity (Wildman–Crippen MR) is 73.1 cm³/mol. The Morgan fingerprint density at radius 1 is 1.33 bits per heavy atom. The maximum absolute atomic E-state index is 10.8. The Morgan fingerprint density at radius 3 is 2.61 bits per heavy atom. The number of ether oxygens (including phenoxy) is 1. The van der Waals surface area contributed by atoms with Crippen molar-refractivity contribution in [1.82, 2.24) is 4.98 Å². The quantitative estimate of drug-likeness (QED) is 0.827. The molecule has 0 radical (unpaired) electrons. The van der Waals surface area contributed by atoms with Crippen LogP contribution in [0.3, 0.4) is 0 Å². The van der Waals surface area contributed by atoms with Crippen LogP contribution in [0.4, 0.5) is 0 Å². The van der Waals surface area contributed by atoms with Crippen molar-refractivity contribution in [1.29, 1.82) is 0 Å². The van der Waals surface area contributed by atoms with Crippen molar-refractivity contribution in [3.05, 3.63) is 35.3 Å². The summed E-state index contributed by atoms with van der Waals surface area (Å²) in [5.74, 6) is 0.929. The molecule has 2 aromatic rings. The van der Waals surface area contributed by atoms with Gasteiger partial charge in [0.05, 0.1) is 6.61 Å². The lowest BCUT2D eigenvalue weighted by Crippen LogP contribution is -2.02. The molecule has 2 rings (SSSR count). The van der Waals surface area contributed by atoms with Gasteiger partial charge in [0, 0.05) is 23.1 Å². The minimum Gasteiger partial charge on any atom is -0.493 e. The Bertz CT molecular complexity index is 531. The van der Waals surface area contributed by atoms with Gasteiger partial charge < -0.3 is 4.74 Å². The van der Waals surface area contributed by atoms with E-state index in [1.165, 1.54) is 0 Å². The van der Waals surface area contributed by atoms with E-state index < -0.39 is 0 Å². The lowest BCUT2D eigenvalue weighted by atomic mass is 10.2. The molecule has 1 aromatic carbocycles. The monoisotopic (exact) mass is 261 g/mol. The summed E-state index contributed by atoms with van der Waals surface area (Å²) in [6.45, 7) is 3.99. The second-order valence-corrected chi connectivity index (χ2v) is 4.98. The minimum absolute atomic E-state index is 0.143. The van der Waals surface area contributed by atoms with Gasteiger partial charge in [-0.3, -0.25) is 4.79 Å². The molecule has 0 bridgehead atoms. The van der Waals surface area contributed by atoms with Crippen LogP contribution in [-0.4, -0.2) is 17.4 Å². The van der Waals surface area contributed by atoms with Gasteiger partial charge in [0.2, 0.25) is 0 Å². The number of aromatic nitrogens is 1. The van der Waals surface area contributed by atoms with Gasteiger partial charge in [-0.2, -0.15) is 0 Å². The van der Waals surface area contributed by atoms with Gasteiger partial charge in [0.1, 0.15) is 16.5 Å². The van der Waals surface area contributed by atoms with Gasteiger partial charge in [-0.1, -0.05) is 0 Å². The van der Waals surface area contributed by atoms with Crippen molar-refractivity contribution in [3.8, 4) is 16.3 Å². The number of benzene rings is 1. The number of aryl methyl sites for hydroxylation is 1. The standard InChI is InChI=1S/C14H15NO2S/c1-10-9-18-14(15-10)12-3-5-13(6-4-12)17-8-7-11(2)16/h3-6,9H,7-8H2,1-2H3. The molecule has 18 heavy (non-hydrogen) atoms. The van der Waals surface area contributed by atoms with E-state index in [1.54, 1.807) is 18.3 Å². The van der Waals surface area contributed by atoms with Crippen molar-refractivity contribution in [3.63, 3.8) is 0 Å². The van der Waals surface area contributed by atoms with Crippen LogP contribution in [0.5, 0.6) is 5.75 Å². The summed E-state index contributed by atoms with van der Waals surface area (Å²) in [7, 11) is 0. The van der Waals surface area contributed by atoms with Crippen molar-refractivity contribution < 1.29 is 9.53 Å². The topological polar surface area (TPSA) is 39.2 Å². The highest BCUT2D eigenvalue weighted by Crippen LogP contribution is 2.25. The number of hydrogen-bond donors (Lipinski definition) is 0. The molecular weight excluding hydrogens is 246 g/mol. The van der Waals surface area contributed by atoms with Crippen LogP contribution in [-0.2, 0) is 4.79 Å². The minimum atomic E-state index is 0.143. The van der Waals surface area contributed by atoms with E-state index in [4.69, 9.17) is 4.74 Å². The number of nitrogens with zero attached hydrogens (tertiary/aromatic N) is 1. The third-order valence-electron chi connectivity index (χ3n) is 2.44. The molecule has 0 saturated heterocycles. The highest BCUT2D eigenvalue weighted by molar-refractivity contribution is 7.13.